The van der Waals surface area contributed by atoms with Gasteiger partial charge in [0.05, 0.1) is 0 Å². The summed E-state index contributed by atoms with van der Waals surface area (Å²) < 4.78 is 0. The Bertz CT molecular complexity index is 259. The molecule has 0 aliphatic rings. The predicted octanol–water partition coefficient (Wildman–Crippen LogP) is 9.01. The summed E-state index contributed by atoms with van der Waals surface area (Å²) in [6.07, 6.45) is 19.1. The highest BCUT2D eigenvalue weighted by Gasteiger charge is 2.50. The first-order chi connectivity index (χ1) is 12.6. The van der Waals surface area contributed by atoms with E-state index >= 15 is 0 Å². The highest BCUT2D eigenvalue weighted by atomic mass is 28.4. The molecule has 0 fully saturated rings. The number of hydrogen-bond donors (Lipinski definition) is 1. The van der Waals surface area contributed by atoms with Crippen LogP contribution < -0.4 is 0 Å². The third-order valence-corrected chi connectivity index (χ3v) is 12.2. The van der Waals surface area contributed by atoms with Crippen LogP contribution in [0.15, 0.2) is 0 Å². The van der Waals surface area contributed by atoms with Crippen molar-refractivity contribution in [3.63, 3.8) is 0 Å². The van der Waals surface area contributed by atoms with Crippen molar-refractivity contribution in [1.82, 2.24) is 0 Å². The van der Waals surface area contributed by atoms with Gasteiger partial charge >= 0.3 is 0 Å². The number of unbranched alkanes of at least 4 members (excludes halogenated alkanes) is 3. The average Bonchev–Trinajstić information content (AvgIpc) is 2.64. The Morgan fingerprint density at radius 1 is 0.462 bits per heavy atom. The van der Waals surface area contributed by atoms with Gasteiger partial charge < -0.3 is 4.80 Å². The summed E-state index contributed by atoms with van der Waals surface area (Å²) in [6, 6.07) is 0. The van der Waals surface area contributed by atoms with Crippen LogP contribution in [0.25, 0.3) is 0 Å². The highest BCUT2D eigenvalue weighted by Crippen LogP contribution is 2.51. The Labute approximate surface area is 167 Å². The molecule has 0 aromatic heterocycles. The van der Waals surface area contributed by atoms with Crippen LogP contribution in [0.5, 0.6) is 0 Å². The van der Waals surface area contributed by atoms with Crippen LogP contribution in [0.2, 0.25) is 16.6 Å². The SMILES string of the molecule is CCCCC(CCC)[Si](O)(C(CCC)CCCC)C(CCC)CCCC. The van der Waals surface area contributed by atoms with Gasteiger partial charge in [-0.2, -0.15) is 0 Å². The molecule has 0 aliphatic heterocycles. The molecule has 0 heterocycles. The second-order valence-electron chi connectivity index (χ2n) is 8.77. The summed E-state index contributed by atoms with van der Waals surface area (Å²) in [5, 5.41) is 0. The molecule has 3 unspecified atom stereocenters. The molecule has 2 heteroatoms. The third kappa shape index (κ3) is 8.46. The summed E-state index contributed by atoms with van der Waals surface area (Å²) in [7, 11) is -2.31. The van der Waals surface area contributed by atoms with Crippen molar-refractivity contribution in [3.05, 3.63) is 0 Å². The van der Waals surface area contributed by atoms with E-state index in [2.05, 4.69) is 41.5 Å². The Morgan fingerprint density at radius 3 is 0.923 bits per heavy atom. The first-order valence-electron chi connectivity index (χ1n) is 12.3. The topological polar surface area (TPSA) is 20.2 Å². The molecular weight excluding hydrogens is 332 g/mol. The van der Waals surface area contributed by atoms with Crippen LogP contribution in [0, 0.1) is 0 Å². The lowest BCUT2D eigenvalue weighted by molar-refractivity contribution is 0.383. The zero-order valence-electron chi connectivity index (χ0n) is 19.3. The van der Waals surface area contributed by atoms with Crippen LogP contribution >= 0.6 is 0 Å². The van der Waals surface area contributed by atoms with Crippen LogP contribution in [0.4, 0.5) is 0 Å². The molecule has 3 atom stereocenters. The Balaban J connectivity index is 5.84. The van der Waals surface area contributed by atoms with Gasteiger partial charge in [0.25, 0.3) is 0 Å². The van der Waals surface area contributed by atoms with Crippen molar-refractivity contribution < 1.29 is 4.80 Å². The third-order valence-electron chi connectivity index (χ3n) is 6.59. The van der Waals surface area contributed by atoms with Gasteiger partial charge in [0.1, 0.15) is 0 Å². The lowest BCUT2D eigenvalue weighted by atomic mass is 10.1. The van der Waals surface area contributed by atoms with Gasteiger partial charge in [-0.3, -0.25) is 0 Å². The first kappa shape index (κ1) is 26.2. The lowest BCUT2D eigenvalue weighted by Gasteiger charge is -2.46. The van der Waals surface area contributed by atoms with Gasteiger partial charge in [0.15, 0.2) is 8.32 Å². The Morgan fingerprint density at radius 2 is 0.731 bits per heavy atom. The van der Waals surface area contributed by atoms with E-state index in [0.717, 1.165) is 0 Å². The molecule has 0 amide bonds. The van der Waals surface area contributed by atoms with Crippen molar-refractivity contribution in [2.75, 3.05) is 0 Å². The minimum Gasteiger partial charge on any atom is -0.431 e. The van der Waals surface area contributed by atoms with E-state index in [0.29, 0.717) is 16.6 Å². The monoisotopic (exact) mass is 384 g/mol. The number of hydrogen-bond acceptors (Lipinski definition) is 1. The predicted molar refractivity (Wildman–Crippen MR) is 123 cm³/mol. The summed E-state index contributed by atoms with van der Waals surface area (Å²) >= 11 is 0. The average molecular weight is 385 g/mol. The van der Waals surface area contributed by atoms with Crippen molar-refractivity contribution in [2.24, 2.45) is 0 Å². The molecule has 0 saturated carbocycles. The second kappa shape index (κ2) is 16.2. The van der Waals surface area contributed by atoms with Gasteiger partial charge in [-0.05, 0) is 16.6 Å². The van der Waals surface area contributed by atoms with Crippen LogP contribution in [0.1, 0.15) is 138 Å². The van der Waals surface area contributed by atoms with Gasteiger partial charge in [-0.25, -0.2) is 0 Å². The van der Waals surface area contributed by atoms with Crippen LogP contribution in [0.3, 0.4) is 0 Å². The maximum absolute atomic E-state index is 12.6. The first-order valence-corrected chi connectivity index (χ1v) is 14.5. The molecule has 0 aromatic rings. The van der Waals surface area contributed by atoms with E-state index in [-0.39, 0.29) is 0 Å². The summed E-state index contributed by atoms with van der Waals surface area (Å²) in [5.41, 5.74) is 1.90. The molecule has 0 aliphatic carbocycles. The molecule has 1 N–H and O–H groups in total. The van der Waals surface area contributed by atoms with Crippen molar-refractivity contribution in [3.8, 4) is 0 Å². The molecule has 1 nitrogen and oxygen atoms in total. The minimum atomic E-state index is -2.31. The van der Waals surface area contributed by atoms with Gasteiger partial charge in [0.2, 0.25) is 0 Å². The summed E-state index contributed by atoms with van der Waals surface area (Å²) in [6.45, 7) is 13.9. The molecule has 0 spiro atoms. The lowest BCUT2D eigenvalue weighted by Crippen LogP contribution is -2.50. The highest BCUT2D eigenvalue weighted by molar-refractivity contribution is 6.76. The molecule has 0 rings (SSSR count). The van der Waals surface area contributed by atoms with Crippen LogP contribution in [-0.4, -0.2) is 13.1 Å². The van der Waals surface area contributed by atoms with E-state index in [9.17, 15) is 4.80 Å². The van der Waals surface area contributed by atoms with Crippen molar-refractivity contribution >= 4 is 8.32 Å². The second-order valence-corrected chi connectivity index (χ2v) is 13.0. The quantitative estimate of drug-likeness (QED) is 0.234. The smallest absolute Gasteiger partial charge is 0.197 e. The standard InChI is InChI=1S/C24H52OSi/c1-7-13-19-22(16-10-4)26(25,23(17-11-5)20-14-8-2)24(18-12-6)21-15-9-3/h22-25H,7-21H2,1-6H3. The maximum atomic E-state index is 12.6. The van der Waals surface area contributed by atoms with Crippen molar-refractivity contribution in [1.29, 1.82) is 0 Å². The van der Waals surface area contributed by atoms with Crippen LogP contribution in [-0.2, 0) is 0 Å². The molecule has 0 aromatic carbocycles. The van der Waals surface area contributed by atoms with E-state index < -0.39 is 8.32 Å². The normalized spacial score (nSPS) is 17.7. The maximum Gasteiger partial charge on any atom is 0.197 e. The van der Waals surface area contributed by atoms with Crippen molar-refractivity contribution in [2.45, 2.75) is 154 Å². The summed E-state index contributed by atoms with van der Waals surface area (Å²) in [5.74, 6) is 0. The zero-order valence-corrected chi connectivity index (χ0v) is 20.3. The van der Waals surface area contributed by atoms with E-state index in [1.54, 1.807) is 0 Å². The van der Waals surface area contributed by atoms with E-state index in [4.69, 9.17) is 0 Å². The summed E-state index contributed by atoms with van der Waals surface area (Å²) in [4.78, 5) is 12.6. The molecule has 0 bridgehead atoms. The largest absolute Gasteiger partial charge is 0.431 e. The minimum absolute atomic E-state index is 0.634. The zero-order chi connectivity index (χ0) is 19.8. The molecule has 0 saturated heterocycles. The molecular formula is C24H52OSi. The Kier molecular flexibility index (Phi) is 16.3. The fraction of sp³-hybridized carbons (Fsp3) is 1.00. The Hall–Kier alpha value is 0.177. The van der Waals surface area contributed by atoms with Gasteiger partial charge in [-0.1, -0.05) is 138 Å². The van der Waals surface area contributed by atoms with E-state index in [1.165, 1.54) is 96.3 Å². The van der Waals surface area contributed by atoms with E-state index in [1.807, 2.05) is 0 Å². The fourth-order valence-electron chi connectivity index (χ4n) is 5.22. The number of rotatable bonds is 18. The fourth-order valence-corrected chi connectivity index (χ4v) is 11.5. The molecule has 0 radical (unpaired) electrons. The van der Waals surface area contributed by atoms with Gasteiger partial charge in [0, 0.05) is 0 Å². The molecule has 26 heavy (non-hydrogen) atoms. The van der Waals surface area contributed by atoms with Gasteiger partial charge in [-0.15, -0.1) is 0 Å². The molecule has 158 valence electrons.